The molecule has 2 saturated heterocycles. The van der Waals surface area contributed by atoms with Gasteiger partial charge in [-0.25, -0.2) is 4.98 Å². The molecule has 0 unspecified atom stereocenters. The van der Waals surface area contributed by atoms with Crippen LogP contribution >= 0.6 is 27.0 Å². The summed E-state index contributed by atoms with van der Waals surface area (Å²) < 4.78 is 6.39. The van der Waals surface area contributed by atoms with Gasteiger partial charge in [-0.15, -0.1) is 0 Å². The zero-order chi connectivity index (χ0) is 30.1. The van der Waals surface area contributed by atoms with Gasteiger partial charge in [-0.3, -0.25) is 9.89 Å². The Labute approximate surface area is 278 Å². The van der Waals surface area contributed by atoms with Crippen LogP contribution in [0.3, 0.4) is 0 Å². The first-order chi connectivity index (χ1) is 20.9. The maximum absolute atomic E-state index is 12.6. The lowest BCUT2D eigenvalue weighted by atomic mass is 9.96. The van der Waals surface area contributed by atoms with Crippen LogP contribution in [-0.2, 0) is 17.8 Å². The molecule has 2 aromatic heterocycles. The largest absolute Gasteiger partial charge is 0.475 e. The van der Waals surface area contributed by atoms with Crippen LogP contribution in [0.2, 0.25) is 0 Å². The number of rotatable bonds is 7. The van der Waals surface area contributed by atoms with E-state index >= 15 is 0 Å². The van der Waals surface area contributed by atoms with Crippen LogP contribution in [0.1, 0.15) is 41.6 Å². The molecule has 1 aromatic carbocycles. The Kier molecular flexibility index (Phi) is 10.9. The minimum absolute atomic E-state index is 0. The Bertz CT molecular complexity index is 1650. The van der Waals surface area contributed by atoms with Crippen LogP contribution in [0.15, 0.2) is 31.0 Å². The quantitative estimate of drug-likeness (QED) is 0.383. The van der Waals surface area contributed by atoms with Crippen molar-refractivity contribution >= 4 is 55.2 Å². The zero-order valence-corrected chi connectivity index (χ0v) is 27.8. The molecule has 0 radical (unpaired) electrons. The SMILES string of the molecule is C=CC(=O)N1CCN(c2c(C#N)c(OC[C@@H]3CCCN3C)nc3c2CCN(c2c(C)ccc4[nH]ncc24)C3)C[C@@H]1CC#N.S.S. The number of aryl methyl sites for hydroxylation is 1. The van der Waals surface area contributed by atoms with Crippen molar-refractivity contribution in [1.82, 2.24) is 25.0 Å². The average Bonchev–Trinajstić information content (AvgIpc) is 3.67. The number of H-pyrrole nitrogens is 1. The number of hydrogen-bond donors (Lipinski definition) is 1. The number of likely N-dealkylation sites (tertiary alicyclic amines) is 1. The predicted octanol–water partition coefficient (Wildman–Crippen LogP) is 3.52. The van der Waals surface area contributed by atoms with Crippen LogP contribution in [-0.4, -0.2) is 89.4 Å². The summed E-state index contributed by atoms with van der Waals surface area (Å²) in [5.74, 6) is 0.180. The van der Waals surface area contributed by atoms with Crippen molar-refractivity contribution in [3.05, 3.63) is 53.4 Å². The molecule has 45 heavy (non-hydrogen) atoms. The van der Waals surface area contributed by atoms with Crippen LogP contribution in [0.25, 0.3) is 10.9 Å². The summed E-state index contributed by atoms with van der Waals surface area (Å²) in [5.41, 5.74) is 6.46. The van der Waals surface area contributed by atoms with Crippen molar-refractivity contribution in [3.63, 3.8) is 0 Å². The molecule has 2 atom stereocenters. The van der Waals surface area contributed by atoms with E-state index in [1.807, 2.05) is 6.20 Å². The monoisotopic (exact) mass is 647 g/mol. The van der Waals surface area contributed by atoms with Crippen LogP contribution in [0.4, 0.5) is 11.4 Å². The summed E-state index contributed by atoms with van der Waals surface area (Å²) in [7, 11) is 2.11. The second-order valence-electron chi connectivity index (χ2n) is 11.7. The number of anilines is 2. The van der Waals surface area contributed by atoms with Gasteiger partial charge in [-0.05, 0) is 57.5 Å². The Morgan fingerprint density at radius 3 is 2.69 bits per heavy atom. The lowest BCUT2D eigenvalue weighted by Crippen LogP contribution is -2.55. The van der Waals surface area contributed by atoms with E-state index in [-0.39, 0.29) is 51.4 Å². The number of aromatic amines is 1. The standard InChI is InChI=1S/C32H37N9O2.2H2S/c1-4-29(42)41-15-14-40(18-22(41)9-11-33)31-24-10-13-39(30-21(2)7-8-27-26(30)17-35-37-27)19-28(24)36-32(25(31)16-34)43-20-23-6-5-12-38(23)3;;/h4,7-8,17,22-23H,1,5-6,9-10,12-15,18-20H2,2-3H3,(H,35,37);2*1H2/t22-,23-;;/m0../s1. The number of aromatic nitrogens is 3. The van der Waals surface area contributed by atoms with Gasteiger partial charge in [0.05, 0.1) is 53.9 Å². The average molecular weight is 648 g/mol. The summed E-state index contributed by atoms with van der Waals surface area (Å²) >= 11 is 0. The molecule has 0 aliphatic carbocycles. The minimum atomic E-state index is -0.308. The van der Waals surface area contributed by atoms with Gasteiger partial charge in [0.1, 0.15) is 18.2 Å². The topological polar surface area (TPSA) is 128 Å². The number of fused-ring (bicyclic) bond motifs is 2. The summed E-state index contributed by atoms with van der Waals surface area (Å²) in [6.45, 7) is 9.99. The number of nitrogens with zero attached hydrogens (tertiary/aromatic N) is 8. The van der Waals surface area contributed by atoms with Gasteiger partial charge < -0.3 is 24.3 Å². The number of carbonyl (C=O) groups is 1. The van der Waals surface area contributed by atoms with Crippen molar-refractivity contribution in [2.24, 2.45) is 0 Å². The number of carbonyl (C=O) groups excluding carboxylic acids is 1. The smallest absolute Gasteiger partial charge is 0.246 e. The van der Waals surface area contributed by atoms with E-state index in [4.69, 9.17) is 9.72 Å². The molecule has 0 bridgehead atoms. The normalized spacial score (nSPS) is 19.6. The Hall–Kier alpha value is -3.91. The first-order valence-corrected chi connectivity index (χ1v) is 14.9. The van der Waals surface area contributed by atoms with E-state index in [0.717, 1.165) is 65.0 Å². The molecule has 1 N–H and O–H groups in total. The summed E-state index contributed by atoms with van der Waals surface area (Å²) in [5, 5.41) is 28.5. The van der Waals surface area contributed by atoms with Gasteiger partial charge in [-0.2, -0.15) is 42.6 Å². The second-order valence-corrected chi connectivity index (χ2v) is 11.7. The molecule has 3 aliphatic rings. The summed E-state index contributed by atoms with van der Waals surface area (Å²) in [6.07, 6.45) is 6.24. The van der Waals surface area contributed by atoms with Crippen LogP contribution in [0, 0.1) is 29.6 Å². The number of benzene rings is 1. The molecule has 3 aliphatic heterocycles. The van der Waals surface area contributed by atoms with Gasteiger partial charge in [0.15, 0.2) is 0 Å². The molecule has 3 aromatic rings. The van der Waals surface area contributed by atoms with Crippen LogP contribution < -0.4 is 14.5 Å². The van der Waals surface area contributed by atoms with Crippen molar-refractivity contribution in [3.8, 4) is 18.0 Å². The van der Waals surface area contributed by atoms with E-state index in [1.54, 1.807) is 4.90 Å². The van der Waals surface area contributed by atoms with E-state index < -0.39 is 0 Å². The summed E-state index contributed by atoms with van der Waals surface area (Å²) in [4.78, 5) is 26.1. The second kappa shape index (κ2) is 14.5. The van der Waals surface area contributed by atoms with Gasteiger partial charge in [-0.1, -0.05) is 12.6 Å². The third kappa shape index (κ3) is 6.43. The number of nitriles is 2. The van der Waals surface area contributed by atoms with Crippen molar-refractivity contribution in [2.75, 3.05) is 56.2 Å². The molecular formula is C32H41N9O2S2. The Morgan fingerprint density at radius 2 is 1.98 bits per heavy atom. The number of amides is 1. The number of nitrogens with one attached hydrogen (secondary N) is 1. The van der Waals surface area contributed by atoms with E-state index in [1.165, 1.54) is 6.08 Å². The highest BCUT2D eigenvalue weighted by atomic mass is 32.1. The van der Waals surface area contributed by atoms with Gasteiger partial charge in [0.25, 0.3) is 0 Å². The number of ether oxygens (including phenoxy) is 1. The van der Waals surface area contributed by atoms with E-state index in [0.29, 0.717) is 50.7 Å². The molecule has 0 saturated carbocycles. The number of hydrogen-bond acceptors (Lipinski definition) is 9. The third-order valence-corrected chi connectivity index (χ3v) is 9.19. The molecule has 2 fully saturated rings. The maximum atomic E-state index is 12.6. The first-order valence-electron chi connectivity index (χ1n) is 14.9. The Morgan fingerprint density at radius 1 is 1.16 bits per heavy atom. The van der Waals surface area contributed by atoms with Crippen molar-refractivity contribution in [1.29, 1.82) is 10.5 Å². The highest BCUT2D eigenvalue weighted by Crippen LogP contribution is 2.40. The van der Waals surface area contributed by atoms with Crippen LogP contribution in [0.5, 0.6) is 5.88 Å². The van der Waals surface area contributed by atoms with E-state index in [9.17, 15) is 15.3 Å². The van der Waals surface area contributed by atoms with Gasteiger partial charge in [0.2, 0.25) is 11.8 Å². The third-order valence-electron chi connectivity index (χ3n) is 9.19. The highest BCUT2D eigenvalue weighted by Gasteiger charge is 2.35. The van der Waals surface area contributed by atoms with Gasteiger partial charge in [0, 0.05) is 43.2 Å². The molecule has 5 heterocycles. The fourth-order valence-corrected chi connectivity index (χ4v) is 6.92. The lowest BCUT2D eigenvalue weighted by Gasteiger charge is -2.43. The number of likely N-dealkylation sites (N-methyl/N-ethyl adjacent to an activating group) is 1. The molecule has 13 heteroatoms. The number of piperazine rings is 1. The highest BCUT2D eigenvalue weighted by molar-refractivity contribution is 7.59. The molecule has 0 spiro atoms. The predicted molar refractivity (Wildman–Crippen MR) is 185 cm³/mol. The fraction of sp³-hybridized carbons (Fsp3) is 0.469. The first kappa shape index (κ1) is 34.0. The zero-order valence-electron chi connectivity index (χ0n) is 25.8. The lowest BCUT2D eigenvalue weighted by molar-refractivity contribution is -0.128. The molecule has 6 rings (SSSR count). The minimum Gasteiger partial charge on any atom is -0.475 e. The van der Waals surface area contributed by atoms with Crippen molar-refractivity contribution < 1.29 is 9.53 Å². The Balaban J connectivity index is 0.00000230. The molecule has 11 nitrogen and oxygen atoms in total. The molecule has 238 valence electrons. The maximum Gasteiger partial charge on any atom is 0.246 e. The molecular weight excluding hydrogens is 607 g/mol. The molecule has 1 amide bonds. The van der Waals surface area contributed by atoms with E-state index in [2.05, 4.69) is 69.7 Å². The fourth-order valence-electron chi connectivity index (χ4n) is 6.92. The number of pyridine rings is 1. The summed E-state index contributed by atoms with van der Waals surface area (Å²) in [6, 6.07) is 8.80. The van der Waals surface area contributed by atoms with Gasteiger partial charge >= 0.3 is 0 Å². The van der Waals surface area contributed by atoms with Crippen molar-refractivity contribution in [2.45, 2.75) is 51.2 Å².